The number of rotatable bonds is 6. The Morgan fingerprint density at radius 1 is 0.912 bits per heavy atom. The number of likely N-dealkylation sites (tertiary alicyclic amines) is 1. The summed E-state index contributed by atoms with van der Waals surface area (Å²) >= 11 is 0. The van der Waals surface area contributed by atoms with Crippen molar-refractivity contribution in [2.75, 3.05) is 32.8 Å². The zero-order valence-corrected chi connectivity index (χ0v) is 19.7. The highest BCUT2D eigenvalue weighted by molar-refractivity contribution is 5.53. The second kappa shape index (κ2) is 9.59. The SMILES string of the molecule is CC1(c2ccc(O)cc2)COc2cc(O)ccc2C1c1ccc(OCCN2CCCCC2)cc1. The first-order valence-electron chi connectivity index (χ1n) is 12.2. The minimum Gasteiger partial charge on any atom is -0.508 e. The van der Waals surface area contributed by atoms with Crippen LogP contribution in [0.15, 0.2) is 66.7 Å². The molecule has 0 aliphatic carbocycles. The van der Waals surface area contributed by atoms with Crippen molar-refractivity contribution in [1.82, 2.24) is 4.90 Å². The van der Waals surface area contributed by atoms with E-state index >= 15 is 0 Å². The number of piperidine rings is 1. The normalized spacial score (nSPS) is 22.6. The van der Waals surface area contributed by atoms with Crippen LogP contribution in [0.1, 0.15) is 48.8 Å². The Morgan fingerprint density at radius 2 is 1.62 bits per heavy atom. The molecule has 2 aliphatic heterocycles. The highest BCUT2D eigenvalue weighted by Gasteiger charge is 2.43. The lowest BCUT2D eigenvalue weighted by atomic mass is 9.65. The van der Waals surface area contributed by atoms with Crippen molar-refractivity contribution in [1.29, 1.82) is 0 Å². The quantitative estimate of drug-likeness (QED) is 0.514. The number of phenols is 2. The molecule has 2 unspecified atom stereocenters. The lowest BCUT2D eigenvalue weighted by Gasteiger charge is -2.43. The van der Waals surface area contributed by atoms with Crippen molar-refractivity contribution in [3.63, 3.8) is 0 Å². The van der Waals surface area contributed by atoms with E-state index in [0.29, 0.717) is 19.0 Å². The summed E-state index contributed by atoms with van der Waals surface area (Å²) in [5, 5.41) is 19.8. The summed E-state index contributed by atoms with van der Waals surface area (Å²) in [6.07, 6.45) is 3.93. The highest BCUT2D eigenvalue weighted by Crippen LogP contribution is 2.50. The van der Waals surface area contributed by atoms with Crippen molar-refractivity contribution in [3.05, 3.63) is 83.4 Å². The summed E-state index contributed by atoms with van der Waals surface area (Å²) in [5.41, 5.74) is 2.94. The third-order valence-corrected chi connectivity index (χ3v) is 7.34. The number of hydrogen-bond acceptors (Lipinski definition) is 5. The van der Waals surface area contributed by atoms with Crippen LogP contribution in [0.2, 0.25) is 0 Å². The molecule has 1 fully saturated rings. The van der Waals surface area contributed by atoms with Gasteiger partial charge >= 0.3 is 0 Å². The largest absolute Gasteiger partial charge is 0.508 e. The molecule has 2 N–H and O–H groups in total. The minimum atomic E-state index is -0.353. The third-order valence-electron chi connectivity index (χ3n) is 7.34. The summed E-state index contributed by atoms with van der Waals surface area (Å²) in [7, 11) is 0. The van der Waals surface area contributed by atoms with Crippen LogP contribution < -0.4 is 9.47 Å². The van der Waals surface area contributed by atoms with Crippen LogP contribution in [0.4, 0.5) is 0 Å². The number of ether oxygens (including phenoxy) is 2. The molecule has 5 nitrogen and oxygen atoms in total. The summed E-state index contributed by atoms with van der Waals surface area (Å²) in [6.45, 7) is 6.69. The molecule has 178 valence electrons. The summed E-state index contributed by atoms with van der Waals surface area (Å²) < 4.78 is 12.2. The van der Waals surface area contributed by atoms with Gasteiger partial charge in [-0.15, -0.1) is 0 Å². The number of phenolic OH excluding ortho intramolecular Hbond substituents is 2. The molecule has 3 aromatic rings. The van der Waals surface area contributed by atoms with E-state index < -0.39 is 0 Å². The van der Waals surface area contributed by atoms with E-state index in [-0.39, 0.29) is 22.8 Å². The minimum absolute atomic E-state index is 0.0174. The van der Waals surface area contributed by atoms with Crippen molar-refractivity contribution in [2.24, 2.45) is 0 Å². The van der Waals surface area contributed by atoms with Crippen molar-refractivity contribution >= 4 is 0 Å². The van der Waals surface area contributed by atoms with Gasteiger partial charge in [0.1, 0.15) is 29.6 Å². The lowest BCUT2D eigenvalue weighted by molar-refractivity contribution is 0.181. The molecule has 0 radical (unpaired) electrons. The van der Waals surface area contributed by atoms with E-state index in [0.717, 1.165) is 29.0 Å². The van der Waals surface area contributed by atoms with Gasteiger partial charge in [0.25, 0.3) is 0 Å². The molecular weight excluding hydrogens is 426 g/mol. The smallest absolute Gasteiger partial charge is 0.126 e. The van der Waals surface area contributed by atoms with E-state index in [2.05, 4.69) is 36.1 Å². The van der Waals surface area contributed by atoms with E-state index in [4.69, 9.17) is 9.47 Å². The average Bonchev–Trinajstić information content (AvgIpc) is 2.86. The van der Waals surface area contributed by atoms with Gasteiger partial charge in [0.2, 0.25) is 0 Å². The van der Waals surface area contributed by atoms with E-state index in [9.17, 15) is 10.2 Å². The van der Waals surface area contributed by atoms with Crippen LogP contribution in [-0.2, 0) is 5.41 Å². The molecule has 0 aromatic heterocycles. The molecule has 5 rings (SSSR count). The first-order valence-corrected chi connectivity index (χ1v) is 12.2. The van der Waals surface area contributed by atoms with E-state index in [1.165, 1.54) is 32.4 Å². The van der Waals surface area contributed by atoms with Crippen LogP contribution in [0.3, 0.4) is 0 Å². The zero-order chi connectivity index (χ0) is 23.5. The molecule has 0 spiro atoms. The van der Waals surface area contributed by atoms with Gasteiger partial charge < -0.3 is 19.7 Å². The van der Waals surface area contributed by atoms with Gasteiger partial charge in [0, 0.05) is 29.5 Å². The van der Waals surface area contributed by atoms with Gasteiger partial charge in [-0.05, 0) is 67.4 Å². The zero-order valence-electron chi connectivity index (χ0n) is 19.7. The topological polar surface area (TPSA) is 62.2 Å². The Morgan fingerprint density at radius 3 is 2.35 bits per heavy atom. The van der Waals surface area contributed by atoms with E-state index in [1.807, 2.05) is 18.2 Å². The van der Waals surface area contributed by atoms with Gasteiger partial charge in [-0.25, -0.2) is 0 Å². The molecule has 0 amide bonds. The molecule has 1 saturated heterocycles. The van der Waals surface area contributed by atoms with Crippen LogP contribution in [0.25, 0.3) is 0 Å². The molecule has 0 saturated carbocycles. The van der Waals surface area contributed by atoms with Gasteiger partial charge in [0.05, 0.1) is 6.61 Å². The molecular formula is C29H33NO4. The molecule has 2 heterocycles. The van der Waals surface area contributed by atoms with Gasteiger partial charge in [-0.1, -0.05) is 43.7 Å². The second-order valence-electron chi connectivity index (χ2n) is 9.73. The number of aromatic hydroxyl groups is 2. The standard InChI is InChI=1S/C29H33NO4/c1-29(22-7-9-23(31)10-8-22)20-34-27-19-24(32)11-14-26(27)28(29)21-5-12-25(13-6-21)33-18-17-30-15-3-2-4-16-30/h5-14,19,28,31-32H,2-4,15-18,20H2,1H3. The molecule has 2 atom stereocenters. The molecule has 34 heavy (non-hydrogen) atoms. The Labute approximate surface area is 201 Å². The number of nitrogens with zero attached hydrogens (tertiary/aromatic N) is 1. The fourth-order valence-electron chi connectivity index (χ4n) is 5.41. The first-order chi connectivity index (χ1) is 16.5. The van der Waals surface area contributed by atoms with Crippen LogP contribution in [0.5, 0.6) is 23.0 Å². The van der Waals surface area contributed by atoms with Gasteiger partial charge in [-0.3, -0.25) is 4.90 Å². The number of hydrogen-bond donors (Lipinski definition) is 2. The molecule has 5 heteroatoms. The Hall–Kier alpha value is -3.18. The molecule has 2 aliphatic rings. The van der Waals surface area contributed by atoms with Gasteiger partial charge in [0.15, 0.2) is 0 Å². The monoisotopic (exact) mass is 459 g/mol. The van der Waals surface area contributed by atoms with Crippen LogP contribution >= 0.6 is 0 Å². The van der Waals surface area contributed by atoms with Crippen LogP contribution in [-0.4, -0.2) is 48.0 Å². The maximum absolute atomic E-state index is 10.0. The highest BCUT2D eigenvalue weighted by atomic mass is 16.5. The lowest BCUT2D eigenvalue weighted by Crippen LogP contribution is -2.40. The van der Waals surface area contributed by atoms with Crippen molar-refractivity contribution in [3.8, 4) is 23.0 Å². The van der Waals surface area contributed by atoms with Crippen LogP contribution in [0, 0.1) is 0 Å². The Bertz CT molecular complexity index is 1110. The number of fused-ring (bicyclic) bond motifs is 1. The first kappa shape index (κ1) is 22.6. The maximum atomic E-state index is 10.0. The Balaban J connectivity index is 1.41. The fourth-order valence-corrected chi connectivity index (χ4v) is 5.41. The predicted molar refractivity (Wildman–Crippen MR) is 133 cm³/mol. The molecule has 0 bridgehead atoms. The number of benzene rings is 3. The van der Waals surface area contributed by atoms with Crippen molar-refractivity contribution in [2.45, 2.75) is 37.5 Å². The van der Waals surface area contributed by atoms with Gasteiger partial charge in [-0.2, -0.15) is 0 Å². The molecule has 3 aromatic carbocycles. The predicted octanol–water partition coefficient (Wildman–Crippen LogP) is 5.44. The maximum Gasteiger partial charge on any atom is 0.126 e. The van der Waals surface area contributed by atoms with Crippen molar-refractivity contribution < 1.29 is 19.7 Å². The fraction of sp³-hybridized carbons (Fsp3) is 0.379. The summed E-state index contributed by atoms with van der Waals surface area (Å²) in [4.78, 5) is 2.48. The Kier molecular flexibility index (Phi) is 6.38. The van der Waals surface area contributed by atoms with E-state index in [1.54, 1.807) is 24.3 Å². The average molecular weight is 460 g/mol. The summed E-state index contributed by atoms with van der Waals surface area (Å²) in [5.74, 6) is 2.05. The third kappa shape index (κ3) is 4.58. The summed E-state index contributed by atoms with van der Waals surface area (Å²) in [6, 6.07) is 21.1. The second-order valence-corrected chi connectivity index (χ2v) is 9.73.